The lowest BCUT2D eigenvalue weighted by molar-refractivity contribution is -0.160. The lowest BCUT2D eigenvalue weighted by Crippen LogP contribution is -2.41. The molecule has 0 spiro atoms. The molecule has 0 aliphatic rings. The van der Waals surface area contributed by atoms with Gasteiger partial charge in [0.2, 0.25) is 10.0 Å². The van der Waals surface area contributed by atoms with Crippen molar-refractivity contribution in [2.45, 2.75) is 59.4 Å². The van der Waals surface area contributed by atoms with Gasteiger partial charge in [0, 0.05) is 0 Å². The second-order valence-corrected chi connectivity index (χ2v) is 12.2. The van der Waals surface area contributed by atoms with Crippen LogP contribution in [0.15, 0.2) is 59.5 Å². The molecule has 8 heteroatoms. The average Bonchev–Trinajstić information content (AvgIpc) is 2.75. The highest BCUT2D eigenvalue weighted by atomic mass is 32.2. The highest BCUT2D eigenvalue weighted by Gasteiger charge is 2.36. The highest BCUT2D eigenvalue weighted by molar-refractivity contribution is 7.89. The summed E-state index contributed by atoms with van der Waals surface area (Å²) in [6.45, 7) is 11.3. The van der Waals surface area contributed by atoms with Crippen LogP contribution in [0.5, 0.6) is 0 Å². The number of hydrogen-bond acceptors (Lipinski definition) is 6. The molecule has 0 radical (unpaired) electrons. The van der Waals surface area contributed by atoms with Gasteiger partial charge in [-0.1, -0.05) is 48.0 Å². The van der Waals surface area contributed by atoms with E-state index in [9.17, 15) is 18.0 Å². The van der Waals surface area contributed by atoms with Gasteiger partial charge in [-0.3, -0.25) is 9.59 Å². The van der Waals surface area contributed by atoms with Crippen molar-refractivity contribution in [1.82, 2.24) is 4.31 Å². The maximum Gasteiger partial charge on any atom is 0.312 e. The van der Waals surface area contributed by atoms with Gasteiger partial charge in [0.05, 0.1) is 21.8 Å². The number of carbonyl (C=O) groups excluding carboxylic acids is 2. The highest BCUT2D eigenvalue weighted by Crippen LogP contribution is 2.30. The van der Waals surface area contributed by atoms with Crippen LogP contribution in [0.1, 0.15) is 58.7 Å². The Morgan fingerprint density at radius 1 is 0.824 bits per heavy atom. The van der Waals surface area contributed by atoms with Gasteiger partial charge in [-0.15, -0.1) is 0 Å². The third-order valence-corrected chi connectivity index (χ3v) is 6.92. The summed E-state index contributed by atoms with van der Waals surface area (Å²) in [5, 5.41) is 0. The third kappa shape index (κ3) is 7.14. The number of carbonyl (C=O) groups is 2. The zero-order chi connectivity index (χ0) is 25.7. The molecule has 7 nitrogen and oxygen atoms in total. The van der Waals surface area contributed by atoms with E-state index in [-0.39, 0.29) is 11.5 Å². The second kappa shape index (κ2) is 10.7. The first-order valence-electron chi connectivity index (χ1n) is 11.1. The van der Waals surface area contributed by atoms with Gasteiger partial charge in [0.25, 0.3) is 0 Å². The molecule has 0 aromatic heterocycles. The SMILES string of the molecule is Cc1ccc(S(=O)(=O)N(COC(=O)C(C)(C)C)C(COC(=O)C(C)(C)C)c2ccccc2)cc1. The van der Waals surface area contributed by atoms with Crippen LogP contribution in [0.2, 0.25) is 0 Å². The number of nitrogens with zero attached hydrogens (tertiary/aromatic N) is 1. The van der Waals surface area contributed by atoms with E-state index >= 15 is 0 Å². The zero-order valence-electron chi connectivity index (χ0n) is 21.0. The Morgan fingerprint density at radius 3 is 1.82 bits per heavy atom. The van der Waals surface area contributed by atoms with Crippen molar-refractivity contribution in [3.8, 4) is 0 Å². The average molecular weight is 490 g/mol. The van der Waals surface area contributed by atoms with Crippen LogP contribution < -0.4 is 0 Å². The van der Waals surface area contributed by atoms with Crippen molar-refractivity contribution >= 4 is 22.0 Å². The van der Waals surface area contributed by atoms with E-state index in [0.717, 1.165) is 9.87 Å². The number of esters is 2. The van der Waals surface area contributed by atoms with Crippen LogP contribution in [-0.4, -0.2) is 38.0 Å². The predicted molar refractivity (Wildman–Crippen MR) is 130 cm³/mol. The minimum absolute atomic E-state index is 0.0491. The molecule has 0 aliphatic heterocycles. The second-order valence-electron chi connectivity index (χ2n) is 10.3. The van der Waals surface area contributed by atoms with Crippen LogP contribution >= 0.6 is 0 Å². The number of benzene rings is 2. The van der Waals surface area contributed by atoms with Gasteiger partial charge in [0.15, 0.2) is 6.73 Å². The van der Waals surface area contributed by atoms with Crippen molar-refractivity contribution in [2.75, 3.05) is 13.3 Å². The predicted octanol–water partition coefficient (Wildman–Crippen LogP) is 4.86. The number of sulfonamides is 1. The molecule has 0 heterocycles. The van der Waals surface area contributed by atoms with E-state index in [1.165, 1.54) is 12.1 Å². The van der Waals surface area contributed by atoms with Crippen molar-refractivity contribution < 1.29 is 27.5 Å². The van der Waals surface area contributed by atoms with Crippen LogP contribution in [-0.2, 0) is 29.1 Å². The van der Waals surface area contributed by atoms with Crippen molar-refractivity contribution in [3.63, 3.8) is 0 Å². The molecule has 1 atom stereocenters. The van der Waals surface area contributed by atoms with Crippen LogP contribution in [0.4, 0.5) is 0 Å². The Balaban J connectivity index is 2.54. The lowest BCUT2D eigenvalue weighted by Gasteiger charge is -2.32. The van der Waals surface area contributed by atoms with Gasteiger partial charge in [-0.2, -0.15) is 4.31 Å². The number of ether oxygens (including phenoxy) is 2. The largest absolute Gasteiger partial charge is 0.463 e. The van der Waals surface area contributed by atoms with Gasteiger partial charge in [0.1, 0.15) is 6.61 Å². The molecule has 0 amide bonds. The van der Waals surface area contributed by atoms with Gasteiger partial charge >= 0.3 is 11.9 Å². The van der Waals surface area contributed by atoms with Gasteiger partial charge in [-0.05, 0) is 66.2 Å². The monoisotopic (exact) mass is 489 g/mol. The van der Waals surface area contributed by atoms with E-state index in [1.807, 2.05) is 6.92 Å². The summed E-state index contributed by atoms with van der Waals surface area (Å²) in [7, 11) is -4.12. The van der Waals surface area contributed by atoms with Crippen LogP contribution in [0.25, 0.3) is 0 Å². The summed E-state index contributed by atoms with van der Waals surface area (Å²) in [6.07, 6.45) is 0. The molecule has 0 fully saturated rings. The fraction of sp³-hybridized carbons (Fsp3) is 0.462. The van der Waals surface area contributed by atoms with E-state index in [2.05, 4.69) is 0 Å². The molecular weight excluding hydrogens is 454 g/mol. The molecule has 2 rings (SSSR count). The molecule has 0 N–H and O–H groups in total. The van der Waals surface area contributed by atoms with E-state index in [4.69, 9.17) is 9.47 Å². The third-order valence-electron chi connectivity index (χ3n) is 5.08. The Morgan fingerprint density at radius 2 is 1.32 bits per heavy atom. The molecule has 0 saturated carbocycles. The number of aryl methyl sites for hydroxylation is 1. The minimum Gasteiger partial charge on any atom is -0.463 e. The molecule has 186 valence electrons. The fourth-order valence-electron chi connectivity index (χ4n) is 2.90. The molecule has 2 aromatic rings. The van der Waals surface area contributed by atoms with Crippen molar-refractivity contribution in [2.24, 2.45) is 10.8 Å². The maximum absolute atomic E-state index is 13.8. The molecule has 0 bridgehead atoms. The summed E-state index contributed by atoms with van der Waals surface area (Å²) in [5.41, 5.74) is -0.0732. The van der Waals surface area contributed by atoms with Crippen molar-refractivity contribution in [1.29, 1.82) is 0 Å². The molecule has 0 aliphatic carbocycles. The van der Waals surface area contributed by atoms with E-state index in [1.54, 1.807) is 84.0 Å². The smallest absolute Gasteiger partial charge is 0.312 e. The Hall–Kier alpha value is -2.71. The van der Waals surface area contributed by atoms with Crippen LogP contribution in [0.3, 0.4) is 0 Å². The first-order chi connectivity index (χ1) is 15.6. The molecule has 0 saturated heterocycles. The summed E-state index contributed by atoms with van der Waals surface area (Å²) in [4.78, 5) is 25.1. The summed E-state index contributed by atoms with van der Waals surface area (Å²) >= 11 is 0. The first kappa shape index (κ1) is 27.5. The number of rotatable bonds is 8. The zero-order valence-corrected chi connectivity index (χ0v) is 21.8. The summed E-state index contributed by atoms with van der Waals surface area (Å²) < 4.78 is 39.6. The Kier molecular flexibility index (Phi) is 8.66. The lowest BCUT2D eigenvalue weighted by atomic mass is 9.97. The quantitative estimate of drug-likeness (QED) is 0.388. The van der Waals surface area contributed by atoms with Gasteiger partial charge < -0.3 is 9.47 Å². The summed E-state index contributed by atoms with van der Waals surface area (Å²) in [6, 6.07) is 14.3. The topological polar surface area (TPSA) is 90.0 Å². The Labute approximate surface area is 203 Å². The van der Waals surface area contributed by atoms with E-state index in [0.29, 0.717) is 5.56 Å². The molecule has 2 aromatic carbocycles. The standard InChI is InChI=1S/C26H35NO6S/c1-19-13-15-21(16-14-19)34(30,31)27(18-33-24(29)26(5,6)7)22(20-11-9-8-10-12-20)17-32-23(28)25(2,3)4/h8-16,22H,17-18H2,1-7H3. The minimum atomic E-state index is -4.12. The number of hydrogen-bond donors (Lipinski definition) is 0. The maximum atomic E-state index is 13.8. The molecule has 1 unspecified atom stereocenters. The fourth-order valence-corrected chi connectivity index (χ4v) is 4.36. The van der Waals surface area contributed by atoms with Crippen molar-refractivity contribution in [3.05, 3.63) is 65.7 Å². The molecule has 34 heavy (non-hydrogen) atoms. The first-order valence-corrected chi connectivity index (χ1v) is 12.6. The summed E-state index contributed by atoms with van der Waals surface area (Å²) in [5.74, 6) is -1.01. The van der Waals surface area contributed by atoms with Gasteiger partial charge in [-0.25, -0.2) is 8.42 Å². The normalized spacial score (nSPS) is 13.4. The van der Waals surface area contributed by atoms with Crippen LogP contribution in [0, 0.1) is 17.8 Å². The Bertz CT molecular complexity index is 1080. The molecular formula is C26H35NO6S. The van der Waals surface area contributed by atoms with E-state index < -0.39 is 45.6 Å².